The molecule has 0 fully saturated rings. The third kappa shape index (κ3) is 9.33. The maximum absolute atomic E-state index is 11.7. The summed E-state index contributed by atoms with van der Waals surface area (Å²) in [6, 6.07) is 6.63. The minimum Gasteiger partial charge on any atom is -0.427 e. The Bertz CT molecular complexity index is 434. The van der Waals surface area contributed by atoms with Crippen molar-refractivity contribution in [2.75, 3.05) is 0 Å². The molecule has 1 aromatic carbocycles. The van der Waals surface area contributed by atoms with E-state index in [1.54, 1.807) is 24.3 Å². The molecule has 4 heteroatoms. The molecule has 0 N–H and O–H groups in total. The zero-order valence-corrected chi connectivity index (χ0v) is 15.0. The van der Waals surface area contributed by atoms with Crippen LogP contribution in [0.1, 0.15) is 78.1 Å². The Morgan fingerprint density at radius 2 is 1.04 bits per heavy atom. The Balaban J connectivity index is 2.29. The molecule has 0 saturated carbocycles. The average molecular weight is 334 g/mol. The van der Waals surface area contributed by atoms with Crippen LogP contribution in [0, 0.1) is 0 Å². The zero-order valence-electron chi connectivity index (χ0n) is 15.0. The van der Waals surface area contributed by atoms with Gasteiger partial charge in [-0.15, -0.1) is 0 Å². The molecule has 0 aliphatic carbocycles. The largest absolute Gasteiger partial charge is 0.427 e. The number of hydrogen-bond donors (Lipinski definition) is 0. The molecule has 0 unspecified atom stereocenters. The van der Waals surface area contributed by atoms with Crippen LogP contribution in [-0.4, -0.2) is 11.9 Å². The van der Waals surface area contributed by atoms with Gasteiger partial charge in [0.2, 0.25) is 0 Å². The van der Waals surface area contributed by atoms with Crippen LogP contribution in [-0.2, 0) is 9.59 Å². The lowest BCUT2D eigenvalue weighted by Gasteiger charge is -2.07. The van der Waals surface area contributed by atoms with E-state index in [1.165, 1.54) is 0 Å². The molecule has 0 aromatic heterocycles. The third-order valence-electron chi connectivity index (χ3n) is 3.76. The molecule has 0 aliphatic rings. The van der Waals surface area contributed by atoms with E-state index < -0.39 is 0 Å². The van der Waals surface area contributed by atoms with Crippen molar-refractivity contribution in [3.63, 3.8) is 0 Å². The molecule has 24 heavy (non-hydrogen) atoms. The van der Waals surface area contributed by atoms with E-state index in [2.05, 4.69) is 13.8 Å². The first-order valence-corrected chi connectivity index (χ1v) is 9.17. The van der Waals surface area contributed by atoms with Gasteiger partial charge in [-0.2, -0.15) is 0 Å². The summed E-state index contributed by atoms with van der Waals surface area (Å²) in [7, 11) is 0. The van der Waals surface area contributed by atoms with E-state index in [9.17, 15) is 9.59 Å². The highest BCUT2D eigenvalue weighted by Gasteiger charge is 2.07. The van der Waals surface area contributed by atoms with Crippen LogP contribution in [0.25, 0.3) is 0 Å². The molecule has 1 rings (SSSR count). The highest BCUT2D eigenvalue weighted by Crippen LogP contribution is 2.19. The molecule has 4 nitrogen and oxygen atoms in total. The summed E-state index contributed by atoms with van der Waals surface area (Å²) < 4.78 is 10.5. The molecular formula is C20H30O4. The van der Waals surface area contributed by atoms with Crippen molar-refractivity contribution in [1.29, 1.82) is 0 Å². The van der Waals surface area contributed by atoms with Gasteiger partial charge < -0.3 is 9.47 Å². The molecule has 1 aromatic rings. The number of hydrogen-bond acceptors (Lipinski definition) is 4. The second-order valence-corrected chi connectivity index (χ2v) is 6.04. The summed E-state index contributed by atoms with van der Waals surface area (Å²) in [4.78, 5) is 23.4. The van der Waals surface area contributed by atoms with Crippen LogP contribution >= 0.6 is 0 Å². The standard InChI is InChI=1S/C20H30O4/c1-3-5-7-9-11-19(21)23-17-13-15-18(16-14-17)24-20(22)12-10-8-6-4-2/h13-16H,3-12H2,1-2H3. The number of carbonyl (C=O) groups is 2. The van der Waals surface area contributed by atoms with Gasteiger partial charge in [0.1, 0.15) is 11.5 Å². The summed E-state index contributed by atoms with van der Waals surface area (Å²) in [6.45, 7) is 4.27. The van der Waals surface area contributed by atoms with Crippen molar-refractivity contribution in [3.05, 3.63) is 24.3 Å². The molecule has 134 valence electrons. The highest BCUT2D eigenvalue weighted by molar-refractivity contribution is 5.73. The molecule has 0 bridgehead atoms. The molecule has 0 saturated heterocycles. The van der Waals surface area contributed by atoms with Crippen LogP contribution in [0.2, 0.25) is 0 Å². The second kappa shape index (κ2) is 12.6. The minimum absolute atomic E-state index is 0.216. The van der Waals surface area contributed by atoms with Gasteiger partial charge in [-0.25, -0.2) is 0 Å². The summed E-state index contributed by atoms with van der Waals surface area (Å²) >= 11 is 0. The number of esters is 2. The number of unbranched alkanes of at least 4 members (excludes halogenated alkanes) is 6. The Hall–Kier alpha value is -1.84. The van der Waals surface area contributed by atoms with Crippen LogP contribution in [0.5, 0.6) is 11.5 Å². The number of ether oxygens (including phenoxy) is 2. The van der Waals surface area contributed by atoms with E-state index in [4.69, 9.17) is 9.47 Å². The quantitative estimate of drug-likeness (QED) is 0.290. The van der Waals surface area contributed by atoms with Gasteiger partial charge in [-0.05, 0) is 37.1 Å². The van der Waals surface area contributed by atoms with Gasteiger partial charge in [0.15, 0.2) is 0 Å². The first kappa shape index (κ1) is 20.2. The molecule has 0 spiro atoms. The Morgan fingerprint density at radius 3 is 1.38 bits per heavy atom. The maximum atomic E-state index is 11.7. The lowest BCUT2D eigenvalue weighted by atomic mass is 10.1. The van der Waals surface area contributed by atoms with Gasteiger partial charge in [0.05, 0.1) is 0 Å². The summed E-state index contributed by atoms with van der Waals surface area (Å²) in [5.74, 6) is 0.537. The van der Waals surface area contributed by atoms with Gasteiger partial charge in [-0.3, -0.25) is 9.59 Å². The van der Waals surface area contributed by atoms with Crippen LogP contribution in [0.4, 0.5) is 0 Å². The molecule has 0 aliphatic heterocycles. The Labute approximate surface area is 145 Å². The first-order valence-electron chi connectivity index (χ1n) is 9.17. The fourth-order valence-electron chi connectivity index (χ4n) is 2.33. The lowest BCUT2D eigenvalue weighted by Crippen LogP contribution is -2.08. The van der Waals surface area contributed by atoms with Crippen LogP contribution < -0.4 is 9.47 Å². The normalized spacial score (nSPS) is 10.4. The van der Waals surface area contributed by atoms with Crippen molar-refractivity contribution >= 4 is 11.9 Å². The van der Waals surface area contributed by atoms with Crippen molar-refractivity contribution in [2.45, 2.75) is 78.1 Å². The van der Waals surface area contributed by atoms with Gasteiger partial charge in [0, 0.05) is 12.8 Å². The summed E-state index contributed by atoms with van der Waals surface area (Å²) in [6.07, 6.45) is 9.29. The number of benzene rings is 1. The van der Waals surface area contributed by atoms with E-state index in [0.717, 1.165) is 51.4 Å². The summed E-state index contributed by atoms with van der Waals surface area (Å²) in [5.41, 5.74) is 0. The predicted octanol–water partition coefficient (Wildman–Crippen LogP) is 5.44. The maximum Gasteiger partial charge on any atom is 0.311 e. The fraction of sp³-hybridized carbons (Fsp3) is 0.600. The predicted molar refractivity (Wildman–Crippen MR) is 95.2 cm³/mol. The molecule has 0 heterocycles. The van der Waals surface area contributed by atoms with Crippen molar-refractivity contribution in [2.24, 2.45) is 0 Å². The molecule has 0 atom stereocenters. The molecule has 0 amide bonds. The zero-order chi connectivity index (χ0) is 17.6. The smallest absolute Gasteiger partial charge is 0.311 e. The highest BCUT2D eigenvalue weighted by atomic mass is 16.5. The first-order chi connectivity index (χ1) is 11.7. The number of carbonyl (C=O) groups excluding carboxylic acids is 2. The van der Waals surface area contributed by atoms with Crippen molar-refractivity contribution < 1.29 is 19.1 Å². The summed E-state index contributed by atoms with van der Waals surface area (Å²) in [5, 5.41) is 0. The van der Waals surface area contributed by atoms with E-state index in [1.807, 2.05) is 0 Å². The lowest BCUT2D eigenvalue weighted by molar-refractivity contribution is -0.135. The average Bonchev–Trinajstić information content (AvgIpc) is 2.57. The Morgan fingerprint density at radius 1 is 0.667 bits per heavy atom. The van der Waals surface area contributed by atoms with Gasteiger partial charge in [0.25, 0.3) is 0 Å². The van der Waals surface area contributed by atoms with E-state index in [-0.39, 0.29) is 11.9 Å². The van der Waals surface area contributed by atoms with Crippen molar-refractivity contribution in [1.82, 2.24) is 0 Å². The monoisotopic (exact) mass is 334 g/mol. The van der Waals surface area contributed by atoms with E-state index >= 15 is 0 Å². The minimum atomic E-state index is -0.216. The second-order valence-electron chi connectivity index (χ2n) is 6.04. The topological polar surface area (TPSA) is 52.6 Å². The molecular weight excluding hydrogens is 304 g/mol. The van der Waals surface area contributed by atoms with Gasteiger partial charge >= 0.3 is 11.9 Å². The van der Waals surface area contributed by atoms with Crippen LogP contribution in [0.3, 0.4) is 0 Å². The van der Waals surface area contributed by atoms with Crippen molar-refractivity contribution in [3.8, 4) is 11.5 Å². The third-order valence-corrected chi connectivity index (χ3v) is 3.76. The van der Waals surface area contributed by atoms with E-state index in [0.29, 0.717) is 24.3 Å². The SMILES string of the molecule is CCCCCCC(=O)Oc1ccc(OC(=O)CCCCCC)cc1. The fourth-order valence-corrected chi connectivity index (χ4v) is 2.33. The van der Waals surface area contributed by atoms with Crippen LogP contribution in [0.15, 0.2) is 24.3 Å². The number of rotatable bonds is 12. The Kier molecular flexibility index (Phi) is 10.6. The van der Waals surface area contributed by atoms with Gasteiger partial charge in [-0.1, -0.05) is 52.4 Å². The molecule has 0 radical (unpaired) electrons.